The van der Waals surface area contributed by atoms with Gasteiger partial charge >= 0.3 is 6.03 Å². The number of carbonyl (C=O) groups excluding carboxylic acids is 1. The van der Waals surface area contributed by atoms with Crippen molar-refractivity contribution in [1.29, 1.82) is 0 Å². The molecule has 4 aliphatic rings. The van der Waals surface area contributed by atoms with Crippen molar-refractivity contribution in [2.45, 2.75) is 129 Å². The summed E-state index contributed by atoms with van der Waals surface area (Å²) in [5, 5.41) is 14.7. The number of urea groups is 1. The first-order valence-corrected chi connectivity index (χ1v) is 18.7. The van der Waals surface area contributed by atoms with Crippen LogP contribution in [0.5, 0.6) is 0 Å². The first-order chi connectivity index (χ1) is 20.5. The molecule has 3 N–H and O–H groups in total. The molecule has 5 rings (SSSR count). The summed E-state index contributed by atoms with van der Waals surface area (Å²) < 4.78 is 42.4. The Balaban J connectivity index is 1.19. The fourth-order valence-corrected chi connectivity index (χ4v) is 11.8. The second-order valence-corrected chi connectivity index (χ2v) is 18.1. The zero-order chi connectivity index (χ0) is 32.2. The molecule has 0 aromatic heterocycles. The van der Waals surface area contributed by atoms with Crippen LogP contribution in [0.1, 0.15) is 112 Å². The Morgan fingerprint density at radius 3 is 2.30 bits per heavy atom. The number of halogens is 1. The molecule has 0 saturated heterocycles. The standard InChI is InChI=1S/C36H57FN2O4S/c1-8-26-30-21-24(37)15-18-36(30,7)29-16-19-35(6)27(13-14-28(35)31(29)32(26)40)22(2)17-20-38-33(41)39-44(42,43)25-11-9-23(10-12-25)34(3,4)5/h9-12,22,24,26-32,40H,8,13-21H2,1-7H3,(H2,38,39,41)/t22-,24-,26-,27-,28+,29+,30+,31+,32-,35-,36-/m1/s1. The van der Waals surface area contributed by atoms with E-state index in [1.807, 2.05) is 0 Å². The first kappa shape index (κ1) is 33.7. The molecule has 1 aromatic rings. The van der Waals surface area contributed by atoms with Crippen molar-refractivity contribution in [3.8, 4) is 0 Å². The normalized spacial score (nSPS) is 39.5. The van der Waals surface area contributed by atoms with Gasteiger partial charge in [0.05, 0.1) is 11.0 Å². The Morgan fingerprint density at radius 2 is 1.66 bits per heavy atom. The minimum atomic E-state index is -3.96. The molecular formula is C36H57FN2O4S. The second-order valence-electron chi connectivity index (χ2n) is 16.5. The summed E-state index contributed by atoms with van der Waals surface area (Å²) >= 11 is 0. The molecule has 1 aromatic carbocycles. The lowest BCUT2D eigenvalue weighted by molar-refractivity contribution is -0.199. The van der Waals surface area contributed by atoms with Gasteiger partial charge in [-0.3, -0.25) is 0 Å². The minimum absolute atomic E-state index is 0.0719. The summed E-state index contributed by atoms with van der Waals surface area (Å²) in [6, 6.07) is 5.97. The average molecular weight is 633 g/mol. The summed E-state index contributed by atoms with van der Waals surface area (Å²) in [5.41, 5.74) is 1.18. The lowest BCUT2D eigenvalue weighted by Gasteiger charge is -2.64. The molecule has 0 aliphatic heterocycles. The van der Waals surface area contributed by atoms with E-state index in [0.29, 0.717) is 43.1 Å². The minimum Gasteiger partial charge on any atom is -0.393 e. The molecule has 248 valence electrons. The summed E-state index contributed by atoms with van der Waals surface area (Å²) in [6.45, 7) is 15.9. The van der Waals surface area contributed by atoms with E-state index >= 15 is 0 Å². The molecule has 4 saturated carbocycles. The molecule has 0 bridgehead atoms. The van der Waals surface area contributed by atoms with Gasteiger partial charge in [-0.2, -0.15) is 0 Å². The van der Waals surface area contributed by atoms with Crippen LogP contribution < -0.4 is 10.0 Å². The number of sulfonamides is 1. The van der Waals surface area contributed by atoms with Gasteiger partial charge in [-0.25, -0.2) is 22.3 Å². The maximum atomic E-state index is 14.6. The van der Waals surface area contributed by atoms with Gasteiger partial charge in [-0.1, -0.05) is 67.0 Å². The average Bonchev–Trinajstić information content (AvgIpc) is 3.30. The fourth-order valence-electron chi connectivity index (χ4n) is 10.9. The van der Waals surface area contributed by atoms with Crippen LogP contribution in [0.3, 0.4) is 0 Å². The molecule has 4 aliphatic carbocycles. The predicted molar refractivity (Wildman–Crippen MR) is 173 cm³/mol. The van der Waals surface area contributed by atoms with Crippen molar-refractivity contribution in [3.63, 3.8) is 0 Å². The number of nitrogens with one attached hydrogen (secondary N) is 2. The van der Waals surface area contributed by atoms with Gasteiger partial charge in [-0.15, -0.1) is 0 Å². The van der Waals surface area contributed by atoms with E-state index in [9.17, 15) is 22.7 Å². The van der Waals surface area contributed by atoms with Gasteiger partial charge in [0.15, 0.2) is 0 Å². The molecule has 2 amide bonds. The lowest BCUT2D eigenvalue weighted by Crippen LogP contribution is -2.62. The highest BCUT2D eigenvalue weighted by atomic mass is 32.2. The number of aliphatic hydroxyl groups is 1. The van der Waals surface area contributed by atoms with Crippen LogP contribution in [0, 0.1) is 52.3 Å². The Labute approximate surface area is 265 Å². The smallest absolute Gasteiger partial charge is 0.328 e. The maximum absolute atomic E-state index is 14.6. The van der Waals surface area contributed by atoms with Gasteiger partial charge in [0.1, 0.15) is 6.17 Å². The van der Waals surface area contributed by atoms with Crippen LogP contribution in [-0.4, -0.2) is 38.4 Å². The number of fused-ring (bicyclic) bond motifs is 5. The summed E-state index contributed by atoms with van der Waals surface area (Å²) in [7, 11) is -3.96. The zero-order valence-electron chi connectivity index (χ0n) is 28.0. The number of hydrogen-bond donors (Lipinski definition) is 3. The number of carbonyl (C=O) groups is 1. The number of benzene rings is 1. The van der Waals surface area contributed by atoms with E-state index in [2.05, 4.69) is 58.5 Å². The molecule has 44 heavy (non-hydrogen) atoms. The number of hydrogen-bond acceptors (Lipinski definition) is 4. The van der Waals surface area contributed by atoms with Gasteiger partial charge < -0.3 is 10.4 Å². The van der Waals surface area contributed by atoms with Crippen molar-refractivity contribution < 1.29 is 22.7 Å². The van der Waals surface area contributed by atoms with Gasteiger partial charge in [0.25, 0.3) is 10.0 Å². The number of aliphatic hydroxyl groups excluding tert-OH is 1. The molecule has 4 fully saturated rings. The quantitative estimate of drug-likeness (QED) is 0.289. The second kappa shape index (κ2) is 12.2. The number of amides is 2. The van der Waals surface area contributed by atoms with E-state index < -0.39 is 22.2 Å². The van der Waals surface area contributed by atoms with E-state index in [1.165, 1.54) is 0 Å². The predicted octanol–water partition coefficient (Wildman–Crippen LogP) is 7.60. The summed E-state index contributed by atoms with van der Waals surface area (Å²) in [4.78, 5) is 12.7. The third-order valence-electron chi connectivity index (χ3n) is 13.3. The molecule has 6 nitrogen and oxygen atoms in total. The van der Waals surface area contributed by atoms with E-state index in [0.717, 1.165) is 50.5 Å². The molecule has 0 unspecified atom stereocenters. The Morgan fingerprint density at radius 1 is 1.02 bits per heavy atom. The molecule has 0 spiro atoms. The van der Waals surface area contributed by atoms with Crippen molar-refractivity contribution in [2.24, 2.45) is 52.3 Å². The van der Waals surface area contributed by atoms with Gasteiger partial charge in [0.2, 0.25) is 0 Å². The summed E-state index contributed by atoms with van der Waals surface area (Å²) in [5.74, 6) is 2.50. The van der Waals surface area contributed by atoms with Crippen LogP contribution in [0.4, 0.5) is 9.18 Å². The van der Waals surface area contributed by atoms with Gasteiger partial charge in [-0.05, 0) is 127 Å². The topological polar surface area (TPSA) is 95.5 Å². The Hall–Kier alpha value is -1.67. The monoisotopic (exact) mass is 632 g/mol. The summed E-state index contributed by atoms with van der Waals surface area (Å²) in [6.07, 6.45) is 7.29. The maximum Gasteiger partial charge on any atom is 0.328 e. The van der Waals surface area contributed by atoms with E-state index in [4.69, 9.17) is 0 Å². The van der Waals surface area contributed by atoms with Crippen molar-refractivity contribution in [1.82, 2.24) is 10.0 Å². The largest absolute Gasteiger partial charge is 0.393 e. The fraction of sp³-hybridized carbons (Fsp3) is 0.806. The van der Waals surface area contributed by atoms with E-state index in [1.54, 1.807) is 24.3 Å². The highest BCUT2D eigenvalue weighted by Crippen LogP contribution is 2.69. The molecule has 8 heteroatoms. The zero-order valence-corrected chi connectivity index (χ0v) is 28.9. The highest BCUT2D eigenvalue weighted by Gasteiger charge is 2.65. The molecule has 11 atom stereocenters. The van der Waals surface area contributed by atoms with Crippen molar-refractivity contribution in [3.05, 3.63) is 29.8 Å². The third kappa shape index (κ3) is 5.96. The number of rotatable bonds is 7. The van der Waals surface area contributed by atoms with Crippen molar-refractivity contribution in [2.75, 3.05) is 6.54 Å². The van der Waals surface area contributed by atoms with Crippen LogP contribution in [0.2, 0.25) is 0 Å². The molecular weight excluding hydrogens is 575 g/mol. The van der Waals surface area contributed by atoms with Crippen molar-refractivity contribution >= 4 is 16.1 Å². The van der Waals surface area contributed by atoms with Crippen LogP contribution in [-0.2, 0) is 15.4 Å². The molecule has 0 heterocycles. The first-order valence-electron chi connectivity index (χ1n) is 17.3. The van der Waals surface area contributed by atoms with E-state index in [-0.39, 0.29) is 45.0 Å². The number of alkyl halides is 1. The van der Waals surface area contributed by atoms with Crippen LogP contribution in [0.25, 0.3) is 0 Å². The SMILES string of the molecule is CC[C@H]1[C@@H](O)[C@@H]2[C@H](CC[C@]3(C)[C@@H]([C@H](C)CCNC(=O)NS(=O)(=O)c4ccc(C(C)(C)C)cc4)CC[C@@H]23)[C@@]2(C)CC[C@@H](F)C[C@@H]12. The Bertz CT molecular complexity index is 1300. The van der Waals surface area contributed by atoms with Crippen LogP contribution in [0.15, 0.2) is 29.2 Å². The Kier molecular flexibility index (Phi) is 9.32. The molecule has 0 radical (unpaired) electrons. The highest BCUT2D eigenvalue weighted by molar-refractivity contribution is 7.90. The van der Waals surface area contributed by atoms with Crippen LogP contribution >= 0.6 is 0 Å². The van der Waals surface area contributed by atoms with Gasteiger partial charge in [0, 0.05) is 6.54 Å². The lowest BCUT2D eigenvalue weighted by atomic mass is 9.41. The third-order valence-corrected chi connectivity index (χ3v) is 14.6.